The van der Waals surface area contributed by atoms with Crippen LogP contribution in [0.1, 0.15) is 28.3 Å². The third-order valence-electron chi connectivity index (χ3n) is 2.69. The zero-order valence-corrected chi connectivity index (χ0v) is 14.4. The van der Waals surface area contributed by atoms with Gasteiger partial charge in [-0.2, -0.15) is 0 Å². The van der Waals surface area contributed by atoms with Crippen LogP contribution in [0, 0.1) is 6.92 Å². The standard InChI is InChI=1S/C12H17N3S4/c1-4-8(13)10(9-6-5-7(2)17-9)18-12-15-14-11(16-3)19-12/h5-6,8,10H,4,13H2,1-3H3. The van der Waals surface area contributed by atoms with E-state index in [4.69, 9.17) is 5.73 Å². The average molecular weight is 332 g/mol. The molecule has 0 saturated heterocycles. The van der Waals surface area contributed by atoms with Crippen LogP contribution >= 0.6 is 46.2 Å². The van der Waals surface area contributed by atoms with Crippen LogP contribution in [0.15, 0.2) is 20.8 Å². The lowest BCUT2D eigenvalue weighted by molar-refractivity contribution is 0.639. The van der Waals surface area contributed by atoms with Gasteiger partial charge in [0.1, 0.15) is 0 Å². The van der Waals surface area contributed by atoms with Crippen molar-refractivity contribution in [2.24, 2.45) is 5.73 Å². The Morgan fingerprint density at radius 1 is 1.26 bits per heavy atom. The Morgan fingerprint density at radius 3 is 2.53 bits per heavy atom. The van der Waals surface area contributed by atoms with E-state index in [1.807, 2.05) is 17.6 Å². The van der Waals surface area contributed by atoms with Crippen LogP contribution in [0.25, 0.3) is 0 Å². The lowest BCUT2D eigenvalue weighted by atomic mass is 10.1. The molecule has 0 aromatic carbocycles. The SMILES string of the molecule is CCC(N)C(Sc1nnc(SC)s1)c1ccc(C)s1. The molecule has 0 radical (unpaired) electrons. The molecular weight excluding hydrogens is 314 g/mol. The Hall–Kier alpha value is -0.0800. The highest BCUT2D eigenvalue weighted by Crippen LogP contribution is 2.42. The van der Waals surface area contributed by atoms with E-state index in [2.05, 4.69) is 36.2 Å². The predicted molar refractivity (Wildman–Crippen MR) is 87.6 cm³/mol. The van der Waals surface area contributed by atoms with E-state index in [1.54, 1.807) is 34.9 Å². The Balaban J connectivity index is 2.18. The van der Waals surface area contributed by atoms with Crippen LogP contribution < -0.4 is 5.73 Å². The lowest BCUT2D eigenvalue weighted by Gasteiger charge is -2.19. The second kappa shape index (κ2) is 7.08. The predicted octanol–water partition coefficient (Wildman–Crippen LogP) is 4.20. The fourth-order valence-corrected chi connectivity index (χ4v) is 5.61. The topological polar surface area (TPSA) is 51.8 Å². The summed E-state index contributed by atoms with van der Waals surface area (Å²) in [5, 5.41) is 8.65. The van der Waals surface area contributed by atoms with Crippen molar-refractivity contribution in [3.05, 3.63) is 21.9 Å². The highest BCUT2D eigenvalue weighted by Gasteiger charge is 2.23. The van der Waals surface area contributed by atoms with Crippen molar-refractivity contribution >= 4 is 46.2 Å². The molecule has 19 heavy (non-hydrogen) atoms. The van der Waals surface area contributed by atoms with Crippen molar-refractivity contribution in [1.29, 1.82) is 0 Å². The molecule has 2 unspecified atom stereocenters. The molecule has 0 aliphatic rings. The minimum atomic E-state index is 0.143. The molecule has 3 nitrogen and oxygen atoms in total. The number of nitrogens with two attached hydrogens (primary N) is 1. The molecule has 2 rings (SSSR count). The van der Waals surface area contributed by atoms with Crippen LogP contribution in [-0.4, -0.2) is 22.5 Å². The van der Waals surface area contributed by atoms with Gasteiger partial charge in [0.25, 0.3) is 0 Å². The number of thioether (sulfide) groups is 2. The molecule has 104 valence electrons. The number of nitrogens with zero attached hydrogens (tertiary/aromatic N) is 2. The van der Waals surface area contributed by atoms with Gasteiger partial charge in [0.05, 0.1) is 5.25 Å². The fraction of sp³-hybridized carbons (Fsp3) is 0.500. The van der Waals surface area contributed by atoms with E-state index < -0.39 is 0 Å². The van der Waals surface area contributed by atoms with Crippen molar-refractivity contribution in [2.45, 2.75) is 40.2 Å². The quantitative estimate of drug-likeness (QED) is 0.804. The first-order valence-electron chi connectivity index (χ1n) is 6.00. The summed E-state index contributed by atoms with van der Waals surface area (Å²) in [5.74, 6) is 0. The Morgan fingerprint density at radius 2 is 2.00 bits per heavy atom. The normalized spacial score (nSPS) is 14.5. The lowest BCUT2D eigenvalue weighted by Crippen LogP contribution is -2.25. The van der Waals surface area contributed by atoms with E-state index in [0.29, 0.717) is 0 Å². The molecule has 0 amide bonds. The van der Waals surface area contributed by atoms with Gasteiger partial charge in [-0.25, -0.2) is 0 Å². The number of aryl methyl sites for hydroxylation is 1. The zero-order valence-electron chi connectivity index (χ0n) is 11.1. The fourth-order valence-electron chi connectivity index (χ4n) is 1.61. The number of aromatic nitrogens is 2. The summed E-state index contributed by atoms with van der Waals surface area (Å²) < 4.78 is 2.01. The van der Waals surface area contributed by atoms with Gasteiger partial charge in [-0.05, 0) is 31.7 Å². The summed E-state index contributed by atoms with van der Waals surface area (Å²) in [7, 11) is 0. The second-order valence-corrected chi connectivity index (χ2v) is 8.84. The molecule has 0 fully saturated rings. The van der Waals surface area contributed by atoms with Crippen LogP contribution in [-0.2, 0) is 0 Å². The van der Waals surface area contributed by atoms with Gasteiger partial charge in [-0.1, -0.05) is 41.8 Å². The van der Waals surface area contributed by atoms with Gasteiger partial charge >= 0.3 is 0 Å². The number of hydrogen-bond donors (Lipinski definition) is 1. The maximum Gasteiger partial charge on any atom is 0.175 e. The van der Waals surface area contributed by atoms with Gasteiger partial charge in [-0.3, -0.25) is 0 Å². The minimum absolute atomic E-state index is 0.143. The second-order valence-electron chi connectivity index (χ2n) is 4.10. The molecular formula is C12H17N3S4. The van der Waals surface area contributed by atoms with E-state index in [-0.39, 0.29) is 11.3 Å². The highest BCUT2D eigenvalue weighted by atomic mass is 32.2. The van der Waals surface area contributed by atoms with Gasteiger partial charge in [0.2, 0.25) is 0 Å². The van der Waals surface area contributed by atoms with E-state index >= 15 is 0 Å². The van der Waals surface area contributed by atoms with Crippen molar-refractivity contribution in [2.75, 3.05) is 6.26 Å². The van der Waals surface area contributed by atoms with Crippen molar-refractivity contribution in [3.8, 4) is 0 Å². The van der Waals surface area contributed by atoms with E-state index in [9.17, 15) is 0 Å². The molecule has 2 atom stereocenters. The van der Waals surface area contributed by atoms with E-state index in [0.717, 1.165) is 15.1 Å². The first kappa shape index (κ1) is 15.3. The maximum atomic E-state index is 6.28. The zero-order chi connectivity index (χ0) is 13.8. The monoisotopic (exact) mass is 331 g/mol. The van der Waals surface area contributed by atoms with Gasteiger partial charge < -0.3 is 5.73 Å². The van der Waals surface area contributed by atoms with Crippen LogP contribution in [0.3, 0.4) is 0 Å². The minimum Gasteiger partial charge on any atom is -0.326 e. The van der Waals surface area contributed by atoms with Crippen LogP contribution in [0.4, 0.5) is 0 Å². The van der Waals surface area contributed by atoms with Crippen LogP contribution in [0.2, 0.25) is 0 Å². The molecule has 7 heteroatoms. The van der Waals surface area contributed by atoms with Crippen molar-refractivity contribution < 1.29 is 0 Å². The molecule has 0 bridgehead atoms. The molecule has 0 spiro atoms. The molecule has 0 saturated carbocycles. The molecule has 2 aromatic heterocycles. The largest absolute Gasteiger partial charge is 0.326 e. The average Bonchev–Trinajstić information content (AvgIpc) is 3.03. The van der Waals surface area contributed by atoms with Crippen molar-refractivity contribution in [3.63, 3.8) is 0 Å². The smallest absolute Gasteiger partial charge is 0.175 e. The first-order chi connectivity index (χ1) is 9.13. The number of thiophene rings is 1. The molecule has 0 aliphatic carbocycles. The summed E-state index contributed by atoms with van der Waals surface area (Å²) in [4.78, 5) is 2.66. The summed E-state index contributed by atoms with van der Waals surface area (Å²) >= 11 is 6.84. The first-order valence-corrected chi connectivity index (χ1v) is 9.73. The molecule has 2 N–H and O–H groups in total. The summed E-state index contributed by atoms with van der Waals surface area (Å²) in [6.07, 6.45) is 2.98. The van der Waals surface area contributed by atoms with Gasteiger partial charge in [-0.15, -0.1) is 21.5 Å². The summed E-state index contributed by atoms with van der Waals surface area (Å²) in [6.45, 7) is 4.26. The third kappa shape index (κ3) is 3.95. The molecule has 2 aromatic rings. The van der Waals surface area contributed by atoms with E-state index in [1.165, 1.54) is 9.75 Å². The van der Waals surface area contributed by atoms with Crippen molar-refractivity contribution in [1.82, 2.24) is 10.2 Å². The Labute approximate surface area is 130 Å². The molecule has 0 aliphatic heterocycles. The van der Waals surface area contributed by atoms with Crippen LogP contribution in [0.5, 0.6) is 0 Å². The summed E-state index contributed by atoms with van der Waals surface area (Å²) in [5.41, 5.74) is 6.28. The number of hydrogen-bond acceptors (Lipinski definition) is 7. The highest BCUT2D eigenvalue weighted by molar-refractivity contribution is 8.03. The maximum absolute atomic E-state index is 6.28. The Bertz CT molecular complexity index is 523. The van der Waals surface area contributed by atoms with Gasteiger partial charge in [0, 0.05) is 15.8 Å². The number of rotatable bonds is 6. The molecule has 2 heterocycles. The summed E-state index contributed by atoms with van der Waals surface area (Å²) in [6, 6.07) is 4.48. The Kier molecular flexibility index (Phi) is 5.70. The van der Waals surface area contributed by atoms with Gasteiger partial charge in [0.15, 0.2) is 8.68 Å². The third-order valence-corrected chi connectivity index (χ3v) is 7.30.